The normalized spacial score (nSPS) is 17.4. The zero-order valence-electron chi connectivity index (χ0n) is 22.3. The molecule has 0 amide bonds. The van der Waals surface area contributed by atoms with Gasteiger partial charge in [-0.25, -0.2) is 19.3 Å². The Hall–Kier alpha value is -3.04. The number of hydrogen-bond donors (Lipinski definition) is 2. The standard InChI is InChI=1S/C28H38FN7O/c1-18(2)25-26(30-4)31-16-32-28(25)35-9-7-21(8-10-35)27-33-24(22-5-6-23(29)19(3)11-22)15-36(27)14-20-12-34(13-20)17-37/h5-6,11,15-16,18,20-21,37H,7-10,12-14,17H2,1-4H3,(H,30,31,32). The number of benzene rings is 1. The highest BCUT2D eigenvalue weighted by atomic mass is 19.1. The molecule has 0 aliphatic carbocycles. The van der Waals surface area contributed by atoms with E-state index in [0.717, 1.165) is 79.8 Å². The van der Waals surface area contributed by atoms with Gasteiger partial charge in [-0.15, -0.1) is 0 Å². The number of nitrogens with one attached hydrogen (secondary N) is 1. The number of likely N-dealkylation sites (tertiary alicyclic amines) is 1. The van der Waals surface area contributed by atoms with Crippen LogP contribution < -0.4 is 10.2 Å². The van der Waals surface area contributed by atoms with E-state index in [1.54, 1.807) is 13.3 Å². The van der Waals surface area contributed by atoms with Crippen molar-refractivity contribution in [1.82, 2.24) is 24.4 Å². The minimum absolute atomic E-state index is 0.114. The van der Waals surface area contributed by atoms with Crippen LogP contribution in [0, 0.1) is 18.7 Å². The van der Waals surface area contributed by atoms with E-state index in [1.807, 2.05) is 24.1 Å². The lowest BCUT2D eigenvalue weighted by Gasteiger charge is -2.38. The molecule has 2 fully saturated rings. The molecular formula is C28H38FN7O. The largest absolute Gasteiger partial charge is 0.381 e. The third-order valence-electron chi connectivity index (χ3n) is 7.79. The molecule has 2 aliphatic rings. The van der Waals surface area contributed by atoms with Gasteiger partial charge in [-0.2, -0.15) is 0 Å². The first-order valence-corrected chi connectivity index (χ1v) is 13.3. The van der Waals surface area contributed by atoms with E-state index in [-0.39, 0.29) is 12.5 Å². The number of halogens is 1. The van der Waals surface area contributed by atoms with Crippen LogP contribution in [0.25, 0.3) is 11.3 Å². The molecule has 0 atom stereocenters. The first-order chi connectivity index (χ1) is 17.9. The van der Waals surface area contributed by atoms with Crippen molar-refractivity contribution < 1.29 is 9.50 Å². The van der Waals surface area contributed by atoms with Gasteiger partial charge in [-0.3, -0.25) is 4.90 Å². The average molecular weight is 508 g/mol. The molecule has 1 aromatic carbocycles. The zero-order chi connectivity index (χ0) is 26.1. The van der Waals surface area contributed by atoms with Crippen LogP contribution >= 0.6 is 0 Å². The van der Waals surface area contributed by atoms with E-state index in [4.69, 9.17) is 4.98 Å². The molecule has 2 aromatic heterocycles. The van der Waals surface area contributed by atoms with Crippen molar-refractivity contribution in [3.8, 4) is 11.3 Å². The summed E-state index contributed by atoms with van der Waals surface area (Å²) in [5.41, 5.74) is 3.64. The Kier molecular flexibility index (Phi) is 7.44. The van der Waals surface area contributed by atoms with Crippen LogP contribution in [-0.4, -0.2) is 69.5 Å². The second-order valence-corrected chi connectivity index (χ2v) is 10.8. The fourth-order valence-corrected chi connectivity index (χ4v) is 5.75. The topological polar surface area (TPSA) is 82.3 Å². The van der Waals surface area contributed by atoms with E-state index in [0.29, 0.717) is 23.3 Å². The summed E-state index contributed by atoms with van der Waals surface area (Å²) in [5, 5.41) is 12.6. The van der Waals surface area contributed by atoms with Crippen molar-refractivity contribution in [1.29, 1.82) is 0 Å². The second-order valence-electron chi connectivity index (χ2n) is 10.8. The second kappa shape index (κ2) is 10.8. The van der Waals surface area contributed by atoms with Crippen molar-refractivity contribution in [2.45, 2.75) is 52.0 Å². The average Bonchev–Trinajstić information content (AvgIpc) is 3.31. The van der Waals surface area contributed by atoms with Gasteiger partial charge < -0.3 is 19.9 Å². The van der Waals surface area contributed by atoms with E-state index in [2.05, 4.69) is 44.8 Å². The Labute approximate surface area is 218 Å². The Bertz CT molecular complexity index is 1230. The van der Waals surface area contributed by atoms with Crippen LogP contribution in [0.3, 0.4) is 0 Å². The number of imidazole rings is 1. The molecule has 2 aliphatic heterocycles. The molecular weight excluding hydrogens is 469 g/mol. The smallest absolute Gasteiger partial charge is 0.137 e. The number of aliphatic hydroxyl groups excluding tert-OH is 1. The van der Waals surface area contributed by atoms with Gasteiger partial charge >= 0.3 is 0 Å². The predicted molar refractivity (Wildman–Crippen MR) is 144 cm³/mol. The first kappa shape index (κ1) is 25.6. The Morgan fingerprint density at radius 2 is 1.92 bits per heavy atom. The summed E-state index contributed by atoms with van der Waals surface area (Å²) in [5.74, 6) is 4.00. The van der Waals surface area contributed by atoms with Crippen LogP contribution in [0.1, 0.15) is 55.5 Å². The molecule has 0 saturated carbocycles. The lowest BCUT2D eigenvalue weighted by atomic mass is 9.94. The molecule has 0 spiro atoms. The summed E-state index contributed by atoms with van der Waals surface area (Å²) in [4.78, 5) is 18.7. The van der Waals surface area contributed by atoms with E-state index in [1.165, 1.54) is 6.07 Å². The number of aromatic nitrogens is 4. The molecule has 37 heavy (non-hydrogen) atoms. The Morgan fingerprint density at radius 3 is 2.57 bits per heavy atom. The summed E-state index contributed by atoms with van der Waals surface area (Å²) >= 11 is 0. The van der Waals surface area contributed by atoms with Gasteiger partial charge in [-0.1, -0.05) is 13.8 Å². The third kappa shape index (κ3) is 5.20. The fourth-order valence-electron chi connectivity index (χ4n) is 5.75. The molecule has 9 heteroatoms. The first-order valence-electron chi connectivity index (χ1n) is 13.3. The highest BCUT2D eigenvalue weighted by Gasteiger charge is 2.31. The van der Waals surface area contributed by atoms with E-state index >= 15 is 0 Å². The van der Waals surface area contributed by atoms with Crippen molar-refractivity contribution in [3.63, 3.8) is 0 Å². The molecule has 0 bridgehead atoms. The van der Waals surface area contributed by atoms with Gasteiger partial charge in [0, 0.05) is 68.9 Å². The number of hydrogen-bond acceptors (Lipinski definition) is 7. The van der Waals surface area contributed by atoms with Crippen molar-refractivity contribution in [2.24, 2.45) is 5.92 Å². The van der Waals surface area contributed by atoms with Gasteiger partial charge in [0.25, 0.3) is 0 Å². The molecule has 2 saturated heterocycles. The summed E-state index contributed by atoms with van der Waals surface area (Å²) < 4.78 is 16.2. The minimum atomic E-state index is -0.193. The Morgan fingerprint density at radius 1 is 1.16 bits per heavy atom. The van der Waals surface area contributed by atoms with Crippen LogP contribution in [0.4, 0.5) is 16.0 Å². The monoisotopic (exact) mass is 507 g/mol. The van der Waals surface area contributed by atoms with Gasteiger partial charge in [0.2, 0.25) is 0 Å². The number of rotatable bonds is 8. The minimum Gasteiger partial charge on any atom is -0.381 e. The SMILES string of the molecule is CNc1ncnc(N2CCC(c3nc(-c4ccc(F)c(C)c4)cn3CC3CN(CO)C3)CC2)c1C(C)C. The number of aryl methyl sites for hydroxylation is 1. The zero-order valence-corrected chi connectivity index (χ0v) is 22.3. The number of aliphatic hydroxyl groups is 1. The quantitative estimate of drug-likeness (QED) is 0.472. The number of piperidine rings is 1. The van der Waals surface area contributed by atoms with Gasteiger partial charge in [0.1, 0.15) is 29.6 Å². The van der Waals surface area contributed by atoms with Crippen LogP contribution in [0.2, 0.25) is 0 Å². The van der Waals surface area contributed by atoms with Gasteiger partial charge in [0.05, 0.1) is 12.4 Å². The molecule has 0 unspecified atom stereocenters. The Balaban J connectivity index is 1.38. The molecule has 5 rings (SSSR count). The number of nitrogens with zero attached hydrogens (tertiary/aromatic N) is 6. The summed E-state index contributed by atoms with van der Waals surface area (Å²) in [6.07, 6.45) is 5.76. The van der Waals surface area contributed by atoms with Crippen LogP contribution in [0.15, 0.2) is 30.7 Å². The predicted octanol–water partition coefficient (Wildman–Crippen LogP) is 4.22. The van der Waals surface area contributed by atoms with Crippen molar-refractivity contribution in [3.05, 3.63) is 53.5 Å². The van der Waals surface area contributed by atoms with Crippen molar-refractivity contribution >= 4 is 11.6 Å². The highest BCUT2D eigenvalue weighted by Crippen LogP contribution is 2.36. The van der Waals surface area contributed by atoms with E-state index in [9.17, 15) is 9.50 Å². The van der Waals surface area contributed by atoms with Crippen LogP contribution in [0.5, 0.6) is 0 Å². The molecule has 0 radical (unpaired) electrons. The molecule has 8 nitrogen and oxygen atoms in total. The maximum atomic E-state index is 13.9. The third-order valence-corrected chi connectivity index (χ3v) is 7.79. The molecule has 4 heterocycles. The van der Waals surface area contributed by atoms with E-state index < -0.39 is 0 Å². The maximum Gasteiger partial charge on any atom is 0.137 e. The summed E-state index contributed by atoms with van der Waals surface area (Å²) in [6.45, 7) is 10.8. The lowest BCUT2D eigenvalue weighted by Crippen LogP contribution is -2.48. The van der Waals surface area contributed by atoms with Crippen LogP contribution in [-0.2, 0) is 6.54 Å². The van der Waals surface area contributed by atoms with Crippen molar-refractivity contribution in [2.75, 3.05) is 50.2 Å². The molecule has 2 N–H and O–H groups in total. The fraction of sp³-hybridized carbons (Fsp3) is 0.536. The van der Waals surface area contributed by atoms with Gasteiger partial charge in [0.15, 0.2) is 0 Å². The lowest BCUT2D eigenvalue weighted by molar-refractivity contribution is 0.00628. The maximum absolute atomic E-state index is 13.9. The number of anilines is 2. The molecule has 3 aromatic rings. The van der Waals surface area contributed by atoms with Gasteiger partial charge in [-0.05, 0) is 49.4 Å². The summed E-state index contributed by atoms with van der Waals surface area (Å²) in [6, 6.07) is 5.23. The highest BCUT2D eigenvalue weighted by molar-refractivity contribution is 5.61. The summed E-state index contributed by atoms with van der Waals surface area (Å²) in [7, 11) is 1.91. The molecule has 198 valence electrons.